The van der Waals surface area contributed by atoms with Crippen molar-refractivity contribution >= 4 is 21.6 Å². The van der Waals surface area contributed by atoms with Crippen molar-refractivity contribution in [2.75, 3.05) is 7.11 Å². The fourth-order valence-electron chi connectivity index (χ4n) is 2.27. The number of hydrogen-bond donors (Lipinski definition) is 1. The van der Waals surface area contributed by atoms with Crippen LogP contribution in [0.3, 0.4) is 0 Å². The summed E-state index contributed by atoms with van der Waals surface area (Å²) in [7, 11) is -2.34. The molecule has 2 aromatic carbocycles. The van der Waals surface area contributed by atoms with Gasteiger partial charge in [-0.3, -0.25) is 0 Å². The Morgan fingerprint density at radius 1 is 1.16 bits per heavy atom. The van der Waals surface area contributed by atoms with Crippen LogP contribution in [0.2, 0.25) is 5.02 Å². The zero-order valence-corrected chi connectivity index (χ0v) is 14.8. The van der Waals surface area contributed by atoms with Gasteiger partial charge in [0.15, 0.2) is 5.76 Å². The number of rotatable bonds is 6. The first-order chi connectivity index (χ1) is 12.0. The first kappa shape index (κ1) is 17.5. The molecule has 0 bridgehead atoms. The summed E-state index contributed by atoms with van der Waals surface area (Å²) in [5.41, 5.74) is 1.47. The number of ether oxygens (including phenoxy) is 1. The van der Waals surface area contributed by atoms with Crippen molar-refractivity contribution in [1.82, 2.24) is 9.88 Å². The maximum atomic E-state index is 12.6. The third-order valence-electron chi connectivity index (χ3n) is 3.56. The lowest BCUT2D eigenvalue weighted by atomic mass is 10.1. The van der Waals surface area contributed by atoms with Crippen LogP contribution in [0.15, 0.2) is 64.1 Å². The molecule has 0 unspecified atom stereocenters. The lowest BCUT2D eigenvalue weighted by Crippen LogP contribution is -2.23. The summed E-state index contributed by atoms with van der Waals surface area (Å²) in [6.45, 7) is 0.145. The number of benzene rings is 2. The molecule has 0 radical (unpaired) electrons. The van der Waals surface area contributed by atoms with Crippen LogP contribution in [-0.4, -0.2) is 20.7 Å². The molecule has 3 rings (SSSR count). The van der Waals surface area contributed by atoms with Gasteiger partial charge in [-0.15, -0.1) is 0 Å². The molecule has 0 aliphatic heterocycles. The van der Waals surface area contributed by atoms with Crippen molar-refractivity contribution in [3.05, 3.63) is 65.3 Å². The largest absolute Gasteiger partial charge is 0.495 e. The maximum Gasteiger partial charge on any atom is 0.244 e. The van der Waals surface area contributed by atoms with E-state index in [9.17, 15) is 8.42 Å². The quantitative estimate of drug-likeness (QED) is 0.710. The van der Waals surface area contributed by atoms with Crippen molar-refractivity contribution in [1.29, 1.82) is 0 Å². The van der Waals surface area contributed by atoms with Gasteiger partial charge in [0, 0.05) is 23.2 Å². The smallest absolute Gasteiger partial charge is 0.244 e. The number of sulfonamides is 1. The number of nitrogens with one attached hydrogen (secondary N) is 1. The molecule has 1 N–H and O–H groups in total. The predicted octanol–water partition coefficient (Wildman–Crippen LogP) is 3.48. The molecule has 1 heterocycles. The Labute approximate surface area is 150 Å². The summed E-state index contributed by atoms with van der Waals surface area (Å²) in [6, 6.07) is 13.3. The number of aromatic nitrogens is 1. The summed E-state index contributed by atoms with van der Waals surface area (Å²) in [5, 5.41) is 4.23. The lowest BCUT2D eigenvalue weighted by Gasteiger charge is -2.12. The first-order valence-electron chi connectivity index (χ1n) is 7.33. The van der Waals surface area contributed by atoms with E-state index < -0.39 is 10.0 Å². The number of nitrogens with zero attached hydrogens (tertiary/aromatic N) is 1. The van der Waals surface area contributed by atoms with Gasteiger partial charge in [0.1, 0.15) is 10.6 Å². The minimum atomic E-state index is -3.75. The molecule has 0 spiro atoms. The molecule has 1 aromatic heterocycles. The van der Waals surface area contributed by atoms with Gasteiger partial charge >= 0.3 is 0 Å². The monoisotopic (exact) mass is 378 g/mol. The van der Waals surface area contributed by atoms with Crippen molar-refractivity contribution in [3.63, 3.8) is 0 Å². The first-order valence-corrected chi connectivity index (χ1v) is 9.19. The molecule has 8 heteroatoms. The van der Waals surface area contributed by atoms with Crippen molar-refractivity contribution in [2.45, 2.75) is 11.4 Å². The van der Waals surface area contributed by atoms with Gasteiger partial charge in [0.2, 0.25) is 10.0 Å². The normalized spacial score (nSPS) is 11.4. The molecular weight excluding hydrogens is 364 g/mol. The van der Waals surface area contributed by atoms with Crippen LogP contribution in [0.4, 0.5) is 0 Å². The van der Waals surface area contributed by atoms with Gasteiger partial charge in [-0.1, -0.05) is 28.9 Å². The van der Waals surface area contributed by atoms with Crippen LogP contribution >= 0.6 is 11.6 Å². The predicted molar refractivity (Wildman–Crippen MR) is 94.0 cm³/mol. The molecule has 0 aliphatic rings. The SMILES string of the molecule is COc1cc(-c2ccno2)ccc1S(=O)(=O)NCc1ccc(Cl)cc1. The van der Waals surface area contributed by atoms with Gasteiger partial charge in [0.05, 0.1) is 13.3 Å². The number of halogens is 1. The standard InChI is InChI=1S/C17H15ClN2O4S/c1-23-16-10-13(15-8-9-19-24-15)4-7-17(16)25(21,22)20-11-12-2-5-14(18)6-3-12/h2-10,20H,11H2,1H3. The van der Waals surface area contributed by atoms with E-state index in [0.29, 0.717) is 16.3 Å². The van der Waals surface area contributed by atoms with Crippen LogP contribution in [0, 0.1) is 0 Å². The molecule has 3 aromatic rings. The number of hydrogen-bond acceptors (Lipinski definition) is 5. The maximum absolute atomic E-state index is 12.6. The second kappa shape index (κ2) is 7.26. The van der Waals surface area contributed by atoms with Crippen LogP contribution in [0.5, 0.6) is 5.75 Å². The van der Waals surface area contributed by atoms with E-state index in [1.165, 1.54) is 19.4 Å². The molecule has 0 amide bonds. The summed E-state index contributed by atoms with van der Waals surface area (Å²) >= 11 is 5.83. The second-order valence-electron chi connectivity index (χ2n) is 5.19. The van der Waals surface area contributed by atoms with Gasteiger partial charge in [-0.2, -0.15) is 0 Å². The van der Waals surface area contributed by atoms with Crippen molar-refractivity contribution in [2.24, 2.45) is 0 Å². The highest BCUT2D eigenvalue weighted by Gasteiger charge is 2.20. The van der Waals surface area contributed by atoms with Gasteiger partial charge in [-0.05, 0) is 35.9 Å². The Balaban J connectivity index is 1.84. The summed E-state index contributed by atoms with van der Waals surface area (Å²) < 4.78 is 38.1. The summed E-state index contributed by atoms with van der Waals surface area (Å²) in [4.78, 5) is 0.0484. The van der Waals surface area contributed by atoms with Crippen molar-refractivity contribution < 1.29 is 17.7 Å². The van der Waals surface area contributed by atoms with Crippen LogP contribution < -0.4 is 9.46 Å². The lowest BCUT2D eigenvalue weighted by molar-refractivity contribution is 0.401. The van der Waals surface area contributed by atoms with Gasteiger partial charge < -0.3 is 9.26 Å². The molecule has 25 heavy (non-hydrogen) atoms. The van der Waals surface area contributed by atoms with Gasteiger partial charge in [0.25, 0.3) is 0 Å². The minimum absolute atomic E-state index is 0.0484. The number of methoxy groups -OCH3 is 1. The fourth-order valence-corrected chi connectivity index (χ4v) is 3.56. The average molecular weight is 379 g/mol. The molecule has 6 nitrogen and oxygen atoms in total. The van der Waals surface area contributed by atoms with E-state index in [-0.39, 0.29) is 17.2 Å². The van der Waals surface area contributed by atoms with E-state index in [2.05, 4.69) is 9.88 Å². The zero-order chi connectivity index (χ0) is 17.9. The van der Waals surface area contributed by atoms with E-state index in [4.69, 9.17) is 20.9 Å². The molecular formula is C17H15ClN2O4S. The van der Waals surface area contributed by atoms with E-state index in [0.717, 1.165) is 5.56 Å². The molecule has 0 saturated heterocycles. The highest BCUT2D eigenvalue weighted by molar-refractivity contribution is 7.89. The Morgan fingerprint density at radius 3 is 2.56 bits per heavy atom. The van der Waals surface area contributed by atoms with Crippen LogP contribution in [0.1, 0.15) is 5.56 Å². The molecule has 0 fully saturated rings. The molecule has 130 valence electrons. The van der Waals surface area contributed by atoms with E-state index in [1.54, 1.807) is 42.5 Å². The third kappa shape index (κ3) is 4.01. The minimum Gasteiger partial charge on any atom is -0.495 e. The van der Waals surface area contributed by atoms with E-state index >= 15 is 0 Å². The highest BCUT2D eigenvalue weighted by atomic mass is 35.5. The molecule has 0 saturated carbocycles. The fraction of sp³-hybridized carbons (Fsp3) is 0.118. The Hall–Kier alpha value is -2.35. The molecule has 0 aliphatic carbocycles. The Kier molecular flexibility index (Phi) is 5.08. The second-order valence-corrected chi connectivity index (χ2v) is 7.37. The van der Waals surface area contributed by atoms with Crippen LogP contribution in [0.25, 0.3) is 11.3 Å². The third-order valence-corrected chi connectivity index (χ3v) is 5.25. The summed E-state index contributed by atoms with van der Waals surface area (Å²) in [5.74, 6) is 0.744. The Morgan fingerprint density at radius 2 is 1.92 bits per heavy atom. The van der Waals surface area contributed by atoms with Crippen LogP contribution in [-0.2, 0) is 16.6 Å². The topological polar surface area (TPSA) is 81.4 Å². The molecule has 0 atom stereocenters. The van der Waals surface area contributed by atoms with Crippen molar-refractivity contribution in [3.8, 4) is 17.1 Å². The van der Waals surface area contributed by atoms with E-state index in [1.807, 2.05) is 0 Å². The highest BCUT2D eigenvalue weighted by Crippen LogP contribution is 2.30. The van der Waals surface area contributed by atoms with Gasteiger partial charge in [-0.25, -0.2) is 13.1 Å². The zero-order valence-electron chi connectivity index (χ0n) is 13.3. The summed E-state index contributed by atoms with van der Waals surface area (Å²) in [6.07, 6.45) is 1.51. The Bertz CT molecular complexity index is 955. The average Bonchev–Trinajstić information content (AvgIpc) is 3.15.